The lowest BCUT2D eigenvalue weighted by Gasteiger charge is -2.19. The SMILES string of the molecule is CNC(Cc1cccs1)c1cccc(Br)c1C. The highest BCUT2D eigenvalue weighted by Gasteiger charge is 2.14. The van der Waals surface area contributed by atoms with Gasteiger partial charge in [0.25, 0.3) is 0 Å². The van der Waals surface area contributed by atoms with E-state index in [1.54, 1.807) is 0 Å². The van der Waals surface area contributed by atoms with Gasteiger partial charge in [-0.15, -0.1) is 11.3 Å². The number of thiophene rings is 1. The number of hydrogen-bond donors (Lipinski definition) is 1. The molecule has 1 unspecified atom stereocenters. The average molecular weight is 310 g/mol. The third-order valence-corrected chi connectivity index (χ3v) is 4.78. The maximum atomic E-state index is 3.60. The Morgan fingerprint density at radius 1 is 1.29 bits per heavy atom. The quantitative estimate of drug-likeness (QED) is 0.886. The first-order chi connectivity index (χ1) is 8.22. The molecule has 90 valence electrons. The van der Waals surface area contributed by atoms with E-state index in [-0.39, 0.29) is 0 Å². The molecule has 1 aromatic heterocycles. The van der Waals surface area contributed by atoms with Crippen molar-refractivity contribution in [3.05, 3.63) is 56.2 Å². The molecule has 0 aliphatic carbocycles. The second-order valence-corrected chi connectivity index (χ2v) is 5.97. The monoisotopic (exact) mass is 309 g/mol. The van der Waals surface area contributed by atoms with Crippen LogP contribution in [-0.4, -0.2) is 7.05 Å². The van der Waals surface area contributed by atoms with Gasteiger partial charge in [-0.2, -0.15) is 0 Å². The molecule has 1 atom stereocenters. The molecule has 1 aromatic carbocycles. The summed E-state index contributed by atoms with van der Waals surface area (Å²) in [4.78, 5) is 1.42. The van der Waals surface area contributed by atoms with Crippen molar-refractivity contribution in [2.45, 2.75) is 19.4 Å². The zero-order valence-electron chi connectivity index (χ0n) is 10.0. The van der Waals surface area contributed by atoms with E-state index in [9.17, 15) is 0 Å². The van der Waals surface area contributed by atoms with E-state index in [4.69, 9.17) is 0 Å². The fourth-order valence-corrected chi connectivity index (χ4v) is 3.13. The average Bonchev–Trinajstić information content (AvgIpc) is 2.83. The topological polar surface area (TPSA) is 12.0 Å². The summed E-state index contributed by atoms with van der Waals surface area (Å²) < 4.78 is 1.18. The Morgan fingerprint density at radius 3 is 2.76 bits per heavy atom. The van der Waals surface area contributed by atoms with Gasteiger partial charge in [-0.1, -0.05) is 34.1 Å². The second-order valence-electron chi connectivity index (χ2n) is 4.08. The Kier molecular flexibility index (Phi) is 4.37. The van der Waals surface area contributed by atoms with Crippen LogP contribution >= 0.6 is 27.3 Å². The minimum absolute atomic E-state index is 0.381. The zero-order chi connectivity index (χ0) is 12.3. The number of likely N-dealkylation sites (N-methyl/N-ethyl adjacent to an activating group) is 1. The van der Waals surface area contributed by atoms with Crippen molar-refractivity contribution in [2.24, 2.45) is 0 Å². The summed E-state index contributed by atoms with van der Waals surface area (Å²) in [6.07, 6.45) is 1.05. The van der Waals surface area contributed by atoms with Gasteiger partial charge in [0.2, 0.25) is 0 Å². The lowest BCUT2D eigenvalue weighted by molar-refractivity contribution is 0.593. The summed E-state index contributed by atoms with van der Waals surface area (Å²) in [6.45, 7) is 2.16. The summed E-state index contributed by atoms with van der Waals surface area (Å²) in [5, 5.41) is 5.55. The van der Waals surface area contributed by atoms with Gasteiger partial charge in [-0.05, 0) is 42.6 Å². The highest BCUT2D eigenvalue weighted by atomic mass is 79.9. The van der Waals surface area contributed by atoms with Crippen LogP contribution < -0.4 is 5.32 Å². The van der Waals surface area contributed by atoms with Crippen molar-refractivity contribution in [1.82, 2.24) is 5.32 Å². The Morgan fingerprint density at radius 2 is 2.12 bits per heavy atom. The van der Waals surface area contributed by atoms with Crippen molar-refractivity contribution in [1.29, 1.82) is 0 Å². The number of rotatable bonds is 4. The molecule has 2 aromatic rings. The highest BCUT2D eigenvalue weighted by Crippen LogP contribution is 2.27. The summed E-state index contributed by atoms with van der Waals surface area (Å²) in [5.74, 6) is 0. The lowest BCUT2D eigenvalue weighted by Crippen LogP contribution is -2.19. The van der Waals surface area contributed by atoms with Crippen LogP contribution in [0, 0.1) is 6.92 Å². The normalized spacial score (nSPS) is 12.6. The zero-order valence-corrected chi connectivity index (χ0v) is 12.4. The van der Waals surface area contributed by atoms with Crippen LogP contribution in [0.15, 0.2) is 40.2 Å². The summed E-state index contributed by atoms with van der Waals surface area (Å²) >= 11 is 5.42. The number of benzene rings is 1. The van der Waals surface area contributed by atoms with Crippen LogP contribution in [0.3, 0.4) is 0 Å². The first kappa shape index (κ1) is 12.8. The predicted octanol–water partition coefficient (Wildman–Crippen LogP) is 4.32. The summed E-state index contributed by atoms with van der Waals surface area (Å²) in [7, 11) is 2.03. The van der Waals surface area contributed by atoms with E-state index in [0.29, 0.717) is 6.04 Å². The molecule has 0 radical (unpaired) electrons. The Balaban J connectivity index is 2.26. The standard InChI is InChI=1S/C14H16BrNS/c1-10-12(6-3-7-13(10)15)14(16-2)9-11-5-4-8-17-11/h3-8,14,16H,9H2,1-2H3. The third kappa shape index (κ3) is 2.97. The molecule has 0 saturated heterocycles. The van der Waals surface area contributed by atoms with Crippen molar-refractivity contribution >= 4 is 27.3 Å². The smallest absolute Gasteiger partial charge is 0.0369 e. The fourth-order valence-electron chi connectivity index (χ4n) is 2.00. The molecular weight excluding hydrogens is 294 g/mol. The van der Waals surface area contributed by atoms with Crippen LogP contribution in [0.1, 0.15) is 22.0 Å². The van der Waals surface area contributed by atoms with Crippen molar-refractivity contribution in [3.8, 4) is 0 Å². The van der Waals surface area contributed by atoms with E-state index in [0.717, 1.165) is 6.42 Å². The van der Waals surface area contributed by atoms with Gasteiger partial charge in [0.15, 0.2) is 0 Å². The van der Waals surface area contributed by atoms with E-state index < -0.39 is 0 Å². The van der Waals surface area contributed by atoms with Gasteiger partial charge in [0.05, 0.1) is 0 Å². The first-order valence-corrected chi connectivity index (χ1v) is 7.34. The van der Waals surface area contributed by atoms with E-state index in [1.807, 2.05) is 18.4 Å². The Labute approximate surface area is 115 Å². The molecule has 1 heterocycles. The highest BCUT2D eigenvalue weighted by molar-refractivity contribution is 9.10. The molecule has 1 N–H and O–H groups in total. The molecule has 17 heavy (non-hydrogen) atoms. The van der Waals surface area contributed by atoms with Crippen molar-refractivity contribution in [3.63, 3.8) is 0 Å². The molecule has 0 amide bonds. The van der Waals surface area contributed by atoms with Crippen LogP contribution in [0.4, 0.5) is 0 Å². The minimum atomic E-state index is 0.381. The molecule has 0 bridgehead atoms. The van der Waals surface area contributed by atoms with Crippen LogP contribution in [0.5, 0.6) is 0 Å². The maximum Gasteiger partial charge on any atom is 0.0369 e. The maximum absolute atomic E-state index is 3.60. The fraction of sp³-hybridized carbons (Fsp3) is 0.286. The Bertz CT molecular complexity index is 479. The number of nitrogens with one attached hydrogen (secondary N) is 1. The minimum Gasteiger partial charge on any atom is -0.313 e. The molecular formula is C14H16BrNS. The third-order valence-electron chi connectivity index (χ3n) is 3.02. The molecule has 1 nitrogen and oxygen atoms in total. The Hall–Kier alpha value is -0.640. The first-order valence-electron chi connectivity index (χ1n) is 5.67. The van der Waals surface area contributed by atoms with Gasteiger partial charge >= 0.3 is 0 Å². The van der Waals surface area contributed by atoms with Gasteiger partial charge in [-0.25, -0.2) is 0 Å². The summed E-state index contributed by atoms with van der Waals surface area (Å²) in [5.41, 5.74) is 2.69. The lowest BCUT2D eigenvalue weighted by atomic mass is 9.98. The molecule has 0 fully saturated rings. The summed E-state index contributed by atoms with van der Waals surface area (Å²) in [6, 6.07) is 11.1. The molecule has 0 aliphatic heterocycles. The van der Waals surface area contributed by atoms with Crippen LogP contribution in [-0.2, 0) is 6.42 Å². The van der Waals surface area contributed by atoms with Crippen LogP contribution in [0.25, 0.3) is 0 Å². The van der Waals surface area contributed by atoms with Crippen molar-refractivity contribution in [2.75, 3.05) is 7.05 Å². The molecule has 3 heteroatoms. The molecule has 0 aliphatic rings. The number of hydrogen-bond acceptors (Lipinski definition) is 2. The van der Waals surface area contributed by atoms with Crippen molar-refractivity contribution < 1.29 is 0 Å². The molecule has 0 spiro atoms. The van der Waals surface area contributed by atoms with E-state index >= 15 is 0 Å². The van der Waals surface area contributed by atoms with E-state index in [2.05, 4.69) is 63.9 Å². The predicted molar refractivity (Wildman–Crippen MR) is 78.7 cm³/mol. The van der Waals surface area contributed by atoms with Crippen LogP contribution in [0.2, 0.25) is 0 Å². The van der Waals surface area contributed by atoms with Gasteiger partial charge in [-0.3, -0.25) is 0 Å². The van der Waals surface area contributed by atoms with Gasteiger partial charge in [0.1, 0.15) is 0 Å². The van der Waals surface area contributed by atoms with E-state index in [1.165, 1.54) is 20.5 Å². The molecule has 2 rings (SSSR count). The van der Waals surface area contributed by atoms with Gasteiger partial charge < -0.3 is 5.32 Å². The van der Waals surface area contributed by atoms with Gasteiger partial charge in [0, 0.05) is 21.8 Å². The second kappa shape index (κ2) is 5.80. The molecule has 0 saturated carbocycles. The largest absolute Gasteiger partial charge is 0.313 e. The number of halogens is 1.